The third-order valence-electron chi connectivity index (χ3n) is 5.31. The monoisotopic (exact) mass is 328 g/mol. The average Bonchev–Trinajstić information content (AvgIpc) is 3.10. The number of hydrogen-bond donors (Lipinski definition) is 1. The van der Waals surface area contributed by atoms with Gasteiger partial charge in [-0.2, -0.15) is 15.4 Å². The number of nitrogens with one attached hydrogen (secondary N) is 1. The Morgan fingerprint density at radius 2 is 2.04 bits per heavy atom. The van der Waals surface area contributed by atoms with Crippen LogP contribution >= 0.6 is 0 Å². The number of carbonyl (C=O) groups excluding carboxylic acids is 1. The quantitative estimate of drug-likeness (QED) is 0.940. The first-order valence-electron chi connectivity index (χ1n) is 9.01. The van der Waals surface area contributed by atoms with Crippen molar-refractivity contribution in [2.24, 2.45) is 5.92 Å². The van der Waals surface area contributed by atoms with E-state index in [1.54, 1.807) is 0 Å². The third-order valence-corrected chi connectivity index (χ3v) is 5.31. The SMILES string of the molecule is O=C(c1ccc2n[nH]nc2c1)N1CCOC(CC2CCCCC2)C1. The second-order valence-corrected chi connectivity index (χ2v) is 7.01. The Hall–Kier alpha value is -1.95. The second-order valence-electron chi connectivity index (χ2n) is 7.01. The van der Waals surface area contributed by atoms with Gasteiger partial charge >= 0.3 is 0 Å². The van der Waals surface area contributed by atoms with Gasteiger partial charge in [0.2, 0.25) is 0 Å². The number of hydrogen-bond acceptors (Lipinski definition) is 4. The molecule has 1 unspecified atom stereocenters. The van der Waals surface area contributed by atoms with Crippen LogP contribution in [0.5, 0.6) is 0 Å². The largest absolute Gasteiger partial charge is 0.375 e. The summed E-state index contributed by atoms with van der Waals surface area (Å²) < 4.78 is 5.93. The molecule has 1 saturated carbocycles. The Morgan fingerprint density at radius 1 is 1.21 bits per heavy atom. The van der Waals surface area contributed by atoms with Crippen molar-refractivity contribution in [1.29, 1.82) is 0 Å². The molecule has 6 heteroatoms. The molecule has 1 amide bonds. The van der Waals surface area contributed by atoms with Gasteiger partial charge in [0, 0.05) is 18.7 Å². The highest BCUT2D eigenvalue weighted by Gasteiger charge is 2.28. The molecule has 1 aliphatic heterocycles. The molecule has 4 rings (SSSR count). The first-order chi connectivity index (χ1) is 11.8. The predicted molar refractivity (Wildman–Crippen MR) is 90.7 cm³/mol. The van der Waals surface area contributed by atoms with E-state index in [-0.39, 0.29) is 12.0 Å². The van der Waals surface area contributed by atoms with Crippen LogP contribution in [-0.4, -0.2) is 52.0 Å². The highest BCUT2D eigenvalue weighted by molar-refractivity contribution is 5.97. The van der Waals surface area contributed by atoms with E-state index in [0.717, 1.165) is 23.4 Å². The molecule has 2 aromatic rings. The molecule has 1 aromatic heterocycles. The van der Waals surface area contributed by atoms with Crippen molar-refractivity contribution in [2.45, 2.75) is 44.6 Å². The van der Waals surface area contributed by atoms with Crippen LogP contribution in [0.25, 0.3) is 11.0 Å². The lowest BCUT2D eigenvalue weighted by molar-refractivity contribution is -0.0337. The summed E-state index contributed by atoms with van der Waals surface area (Å²) in [6.45, 7) is 2.00. The Morgan fingerprint density at radius 3 is 2.92 bits per heavy atom. The molecule has 1 saturated heterocycles. The van der Waals surface area contributed by atoms with E-state index in [0.29, 0.717) is 25.3 Å². The zero-order valence-corrected chi connectivity index (χ0v) is 13.9. The van der Waals surface area contributed by atoms with E-state index in [1.807, 2.05) is 23.1 Å². The maximum Gasteiger partial charge on any atom is 0.254 e. The van der Waals surface area contributed by atoms with Crippen molar-refractivity contribution >= 4 is 16.9 Å². The first-order valence-corrected chi connectivity index (χ1v) is 9.01. The molecule has 128 valence electrons. The predicted octanol–water partition coefficient (Wildman–Crippen LogP) is 2.77. The van der Waals surface area contributed by atoms with Gasteiger partial charge in [-0.15, -0.1) is 0 Å². The molecule has 24 heavy (non-hydrogen) atoms. The third kappa shape index (κ3) is 3.29. The molecule has 1 N–H and O–H groups in total. The molecule has 2 heterocycles. The minimum atomic E-state index is 0.0665. The van der Waals surface area contributed by atoms with Gasteiger partial charge in [-0.25, -0.2) is 0 Å². The smallest absolute Gasteiger partial charge is 0.254 e. The molecule has 1 aromatic carbocycles. The molecule has 0 radical (unpaired) electrons. The van der Waals surface area contributed by atoms with E-state index in [9.17, 15) is 4.79 Å². The van der Waals surface area contributed by atoms with Gasteiger partial charge in [-0.1, -0.05) is 32.1 Å². The summed E-state index contributed by atoms with van der Waals surface area (Å²) in [5.74, 6) is 0.835. The summed E-state index contributed by atoms with van der Waals surface area (Å²) >= 11 is 0. The highest BCUT2D eigenvalue weighted by atomic mass is 16.5. The summed E-state index contributed by atoms with van der Waals surface area (Å²) in [4.78, 5) is 14.7. The van der Waals surface area contributed by atoms with Crippen LogP contribution in [0.4, 0.5) is 0 Å². The summed E-state index contributed by atoms with van der Waals surface area (Å²) in [6.07, 6.45) is 7.97. The second kappa shape index (κ2) is 6.89. The summed E-state index contributed by atoms with van der Waals surface area (Å²) in [5, 5.41) is 10.7. The number of benzene rings is 1. The summed E-state index contributed by atoms with van der Waals surface area (Å²) in [5.41, 5.74) is 2.19. The topological polar surface area (TPSA) is 71.1 Å². The zero-order chi connectivity index (χ0) is 16.4. The fraction of sp³-hybridized carbons (Fsp3) is 0.611. The molecule has 1 atom stereocenters. The fourth-order valence-electron chi connectivity index (χ4n) is 4.00. The molecular formula is C18H24N4O2. The standard InChI is InChI=1S/C18H24N4O2/c23-18(14-6-7-16-17(11-14)20-21-19-16)22-8-9-24-15(12-22)10-13-4-2-1-3-5-13/h6-7,11,13,15H,1-5,8-10,12H2,(H,19,20,21). The van der Waals surface area contributed by atoms with Gasteiger partial charge in [0.25, 0.3) is 5.91 Å². The molecule has 2 fully saturated rings. The van der Waals surface area contributed by atoms with Gasteiger partial charge in [0.05, 0.1) is 12.7 Å². The maximum atomic E-state index is 12.8. The summed E-state index contributed by atoms with van der Waals surface area (Å²) in [7, 11) is 0. The van der Waals surface area contributed by atoms with Crippen LogP contribution < -0.4 is 0 Å². The van der Waals surface area contributed by atoms with Crippen molar-refractivity contribution in [2.75, 3.05) is 19.7 Å². The lowest BCUT2D eigenvalue weighted by Gasteiger charge is -2.35. The van der Waals surface area contributed by atoms with Crippen LogP contribution in [0.2, 0.25) is 0 Å². The lowest BCUT2D eigenvalue weighted by atomic mass is 9.85. The molecular weight excluding hydrogens is 304 g/mol. The minimum Gasteiger partial charge on any atom is -0.375 e. The zero-order valence-electron chi connectivity index (χ0n) is 13.9. The van der Waals surface area contributed by atoms with Gasteiger partial charge in [0.1, 0.15) is 11.0 Å². The van der Waals surface area contributed by atoms with Crippen molar-refractivity contribution in [1.82, 2.24) is 20.3 Å². The van der Waals surface area contributed by atoms with Crippen LogP contribution in [0.3, 0.4) is 0 Å². The lowest BCUT2D eigenvalue weighted by Crippen LogP contribution is -2.46. The number of rotatable bonds is 3. The number of aromatic amines is 1. The molecule has 0 spiro atoms. The molecule has 0 bridgehead atoms. The van der Waals surface area contributed by atoms with E-state index in [1.165, 1.54) is 32.1 Å². The Labute approximate surface area is 141 Å². The van der Waals surface area contributed by atoms with Gasteiger partial charge in [-0.3, -0.25) is 4.79 Å². The van der Waals surface area contributed by atoms with Crippen molar-refractivity contribution < 1.29 is 9.53 Å². The number of amides is 1. The number of morpholine rings is 1. The average molecular weight is 328 g/mol. The van der Waals surface area contributed by atoms with Crippen LogP contribution in [0.1, 0.15) is 48.9 Å². The first kappa shape index (κ1) is 15.6. The van der Waals surface area contributed by atoms with Crippen LogP contribution in [0.15, 0.2) is 18.2 Å². The number of aromatic nitrogens is 3. The van der Waals surface area contributed by atoms with Gasteiger partial charge in [-0.05, 0) is 30.5 Å². The van der Waals surface area contributed by atoms with E-state index in [2.05, 4.69) is 15.4 Å². The van der Waals surface area contributed by atoms with Crippen LogP contribution in [-0.2, 0) is 4.74 Å². The molecule has 1 aliphatic carbocycles. The van der Waals surface area contributed by atoms with Gasteiger partial charge < -0.3 is 9.64 Å². The van der Waals surface area contributed by atoms with Crippen molar-refractivity contribution in [3.05, 3.63) is 23.8 Å². The highest BCUT2D eigenvalue weighted by Crippen LogP contribution is 2.29. The Kier molecular flexibility index (Phi) is 4.47. The Bertz CT molecular complexity index is 708. The van der Waals surface area contributed by atoms with E-state index < -0.39 is 0 Å². The number of carbonyl (C=O) groups is 1. The van der Waals surface area contributed by atoms with Crippen LogP contribution in [0, 0.1) is 5.92 Å². The normalized spacial score (nSPS) is 22.8. The Balaban J connectivity index is 1.41. The molecule has 2 aliphatic rings. The van der Waals surface area contributed by atoms with Crippen molar-refractivity contribution in [3.63, 3.8) is 0 Å². The number of fused-ring (bicyclic) bond motifs is 1. The molecule has 6 nitrogen and oxygen atoms in total. The maximum absolute atomic E-state index is 12.8. The van der Waals surface area contributed by atoms with E-state index in [4.69, 9.17) is 4.74 Å². The number of H-pyrrole nitrogens is 1. The van der Waals surface area contributed by atoms with Gasteiger partial charge in [0.15, 0.2) is 0 Å². The number of ether oxygens (including phenoxy) is 1. The fourth-order valence-corrected chi connectivity index (χ4v) is 4.00. The van der Waals surface area contributed by atoms with E-state index >= 15 is 0 Å². The number of nitrogens with zero attached hydrogens (tertiary/aromatic N) is 3. The van der Waals surface area contributed by atoms with Crippen molar-refractivity contribution in [3.8, 4) is 0 Å². The summed E-state index contributed by atoms with van der Waals surface area (Å²) in [6, 6.07) is 5.48. The minimum absolute atomic E-state index is 0.0665.